The largest absolute Gasteiger partial charge is 0.355 e. The van der Waals surface area contributed by atoms with Crippen molar-refractivity contribution in [3.8, 4) is 33.6 Å². The molecule has 2 aromatic heterocycles. The first kappa shape index (κ1) is 17.7. The summed E-state index contributed by atoms with van der Waals surface area (Å²) in [6.07, 6.45) is 0. The molecule has 0 saturated carbocycles. The highest BCUT2D eigenvalue weighted by molar-refractivity contribution is 6.09. The number of rotatable bonds is 3. The Hall–Kier alpha value is -4.17. The summed E-state index contributed by atoms with van der Waals surface area (Å²) in [5.74, 6) is 0. The summed E-state index contributed by atoms with van der Waals surface area (Å²) in [6, 6.07) is 40.3. The molecule has 2 heteroatoms. The molecule has 1 N–H and O–H groups in total. The second-order valence-corrected chi connectivity index (χ2v) is 7.79. The summed E-state index contributed by atoms with van der Waals surface area (Å²) >= 11 is 0. The zero-order chi connectivity index (χ0) is 20.6. The Morgan fingerprint density at radius 1 is 0.419 bits per heavy atom. The molecule has 0 spiro atoms. The third-order valence-electron chi connectivity index (χ3n) is 5.82. The van der Waals surface area contributed by atoms with Crippen LogP contribution in [0.3, 0.4) is 0 Å². The predicted octanol–water partition coefficient (Wildman–Crippen LogP) is 7.72. The average molecular weight is 396 g/mol. The Balaban J connectivity index is 1.49. The molecular weight excluding hydrogens is 376 g/mol. The number of nitrogens with one attached hydrogen (secondary N) is 1. The van der Waals surface area contributed by atoms with Gasteiger partial charge in [-0.1, -0.05) is 78.9 Å². The lowest BCUT2D eigenvalue weighted by Crippen LogP contribution is -1.87. The third kappa shape index (κ3) is 3.19. The lowest BCUT2D eigenvalue weighted by Gasteiger charge is -2.06. The van der Waals surface area contributed by atoms with Crippen LogP contribution in [0, 0.1) is 0 Å². The number of nitrogens with zero attached hydrogens (tertiary/aromatic N) is 1. The first-order chi connectivity index (χ1) is 15.3. The summed E-state index contributed by atoms with van der Waals surface area (Å²) in [4.78, 5) is 8.49. The van der Waals surface area contributed by atoms with Gasteiger partial charge in [-0.2, -0.15) is 0 Å². The molecule has 0 saturated heterocycles. The monoisotopic (exact) mass is 396 g/mol. The number of fused-ring (bicyclic) bond motifs is 3. The molecule has 0 unspecified atom stereocenters. The van der Waals surface area contributed by atoms with Crippen LogP contribution in [-0.2, 0) is 0 Å². The minimum Gasteiger partial charge on any atom is -0.355 e. The van der Waals surface area contributed by atoms with Crippen molar-refractivity contribution in [1.29, 1.82) is 0 Å². The van der Waals surface area contributed by atoms with Gasteiger partial charge < -0.3 is 4.98 Å². The molecule has 146 valence electrons. The van der Waals surface area contributed by atoms with Crippen LogP contribution in [0.5, 0.6) is 0 Å². The molecule has 0 amide bonds. The highest BCUT2D eigenvalue weighted by Crippen LogP contribution is 2.33. The summed E-state index contributed by atoms with van der Waals surface area (Å²) in [6.45, 7) is 0. The zero-order valence-electron chi connectivity index (χ0n) is 16.9. The van der Waals surface area contributed by atoms with Crippen molar-refractivity contribution in [1.82, 2.24) is 9.97 Å². The summed E-state index contributed by atoms with van der Waals surface area (Å²) in [5, 5.41) is 2.45. The smallest absolute Gasteiger partial charge is 0.0709 e. The maximum Gasteiger partial charge on any atom is 0.0709 e. The maximum absolute atomic E-state index is 4.94. The van der Waals surface area contributed by atoms with Gasteiger partial charge in [0.25, 0.3) is 0 Å². The van der Waals surface area contributed by atoms with Gasteiger partial charge in [-0.3, -0.25) is 0 Å². The van der Waals surface area contributed by atoms with E-state index < -0.39 is 0 Å². The summed E-state index contributed by atoms with van der Waals surface area (Å²) in [5.41, 5.74) is 8.97. The molecule has 0 atom stereocenters. The first-order valence-corrected chi connectivity index (χ1v) is 10.5. The fourth-order valence-corrected chi connectivity index (χ4v) is 4.23. The van der Waals surface area contributed by atoms with E-state index in [0.29, 0.717) is 0 Å². The molecule has 31 heavy (non-hydrogen) atoms. The van der Waals surface area contributed by atoms with E-state index in [0.717, 1.165) is 33.5 Å². The second-order valence-electron chi connectivity index (χ2n) is 7.79. The van der Waals surface area contributed by atoms with Crippen LogP contribution >= 0.6 is 0 Å². The van der Waals surface area contributed by atoms with Gasteiger partial charge in [-0.25, -0.2) is 4.98 Å². The minimum absolute atomic E-state index is 0.983. The van der Waals surface area contributed by atoms with E-state index in [-0.39, 0.29) is 0 Å². The van der Waals surface area contributed by atoms with Crippen LogP contribution in [0.1, 0.15) is 0 Å². The molecule has 0 aliphatic rings. The Morgan fingerprint density at radius 2 is 0.968 bits per heavy atom. The molecular formula is C29H20N2. The molecule has 0 bridgehead atoms. The Kier molecular flexibility index (Phi) is 4.14. The Bertz CT molecular complexity index is 1510. The maximum atomic E-state index is 4.94. The number of aromatic amines is 1. The predicted molar refractivity (Wildman–Crippen MR) is 130 cm³/mol. The fraction of sp³-hybridized carbons (Fsp3) is 0. The molecule has 0 aliphatic heterocycles. The lowest BCUT2D eigenvalue weighted by molar-refractivity contribution is 1.32. The molecule has 0 radical (unpaired) electrons. The van der Waals surface area contributed by atoms with Crippen LogP contribution in [0.25, 0.3) is 55.4 Å². The van der Waals surface area contributed by atoms with Crippen molar-refractivity contribution in [2.75, 3.05) is 0 Å². The van der Waals surface area contributed by atoms with E-state index in [2.05, 4.69) is 102 Å². The third-order valence-corrected chi connectivity index (χ3v) is 5.82. The molecule has 0 fully saturated rings. The van der Waals surface area contributed by atoms with Gasteiger partial charge in [0.2, 0.25) is 0 Å². The molecule has 2 heterocycles. The summed E-state index contributed by atoms with van der Waals surface area (Å²) < 4.78 is 0. The lowest BCUT2D eigenvalue weighted by atomic mass is 10.0. The van der Waals surface area contributed by atoms with Crippen LogP contribution in [0.4, 0.5) is 0 Å². The molecule has 4 aromatic carbocycles. The van der Waals surface area contributed by atoms with E-state index in [1.165, 1.54) is 21.9 Å². The zero-order valence-corrected chi connectivity index (χ0v) is 16.9. The number of aromatic nitrogens is 2. The molecule has 6 rings (SSSR count). The van der Waals surface area contributed by atoms with Crippen molar-refractivity contribution in [2.45, 2.75) is 0 Å². The van der Waals surface area contributed by atoms with E-state index in [1.807, 2.05) is 18.2 Å². The SMILES string of the molecule is c1ccc(-c2ccc3[nH]c4ccc(-c5cccc(-c6ccccc6)n5)cc4c3c2)cc1. The molecule has 2 nitrogen and oxygen atoms in total. The van der Waals surface area contributed by atoms with Crippen LogP contribution in [0.15, 0.2) is 115 Å². The van der Waals surface area contributed by atoms with E-state index in [1.54, 1.807) is 0 Å². The van der Waals surface area contributed by atoms with Crippen molar-refractivity contribution in [3.63, 3.8) is 0 Å². The standard InChI is InChI=1S/C29H20N2/c1-3-8-20(9-4-1)22-14-16-28-24(18-22)25-19-23(15-17-29(25)31-28)27-13-7-12-26(30-27)21-10-5-2-6-11-21/h1-19,31H. The van der Waals surface area contributed by atoms with Gasteiger partial charge in [0.1, 0.15) is 0 Å². The topological polar surface area (TPSA) is 28.7 Å². The number of hydrogen-bond acceptors (Lipinski definition) is 1. The quantitative estimate of drug-likeness (QED) is 0.326. The number of hydrogen-bond donors (Lipinski definition) is 1. The van der Waals surface area contributed by atoms with Crippen molar-refractivity contribution < 1.29 is 0 Å². The average Bonchev–Trinajstić information content (AvgIpc) is 3.22. The number of benzene rings is 4. The summed E-state index contributed by atoms with van der Waals surface area (Å²) in [7, 11) is 0. The first-order valence-electron chi connectivity index (χ1n) is 10.5. The Labute approximate surface area is 180 Å². The van der Waals surface area contributed by atoms with Gasteiger partial charge in [-0.15, -0.1) is 0 Å². The van der Waals surface area contributed by atoms with Crippen molar-refractivity contribution in [2.24, 2.45) is 0 Å². The van der Waals surface area contributed by atoms with Crippen LogP contribution in [-0.4, -0.2) is 9.97 Å². The van der Waals surface area contributed by atoms with Crippen LogP contribution < -0.4 is 0 Å². The number of H-pyrrole nitrogens is 1. The van der Waals surface area contributed by atoms with Crippen LogP contribution in [0.2, 0.25) is 0 Å². The molecule has 0 aliphatic carbocycles. The highest BCUT2D eigenvalue weighted by Gasteiger charge is 2.09. The van der Waals surface area contributed by atoms with Gasteiger partial charge in [0.05, 0.1) is 11.4 Å². The normalized spacial score (nSPS) is 11.2. The van der Waals surface area contributed by atoms with E-state index in [4.69, 9.17) is 4.98 Å². The number of pyridine rings is 1. The van der Waals surface area contributed by atoms with E-state index >= 15 is 0 Å². The van der Waals surface area contributed by atoms with Crippen molar-refractivity contribution in [3.05, 3.63) is 115 Å². The second kappa shape index (κ2) is 7.26. The van der Waals surface area contributed by atoms with Gasteiger partial charge in [0.15, 0.2) is 0 Å². The van der Waals surface area contributed by atoms with Gasteiger partial charge in [0, 0.05) is 32.9 Å². The van der Waals surface area contributed by atoms with E-state index in [9.17, 15) is 0 Å². The minimum atomic E-state index is 0.983. The van der Waals surface area contributed by atoms with Crippen molar-refractivity contribution >= 4 is 21.8 Å². The fourth-order valence-electron chi connectivity index (χ4n) is 4.23. The van der Waals surface area contributed by atoms with Gasteiger partial charge >= 0.3 is 0 Å². The van der Waals surface area contributed by atoms with Gasteiger partial charge in [-0.05, 0) is 47.5 Å². The Morgan fingerprint density at radius 3 is 1.65 bits per heavy atom. The molecule has 6 aromatic rings. The highest BCUT2D eigenvalue weighted by atomic mass is 14.7.